The van der Waals surface area contributed by atoms with Gasteiger partial charge in [-0.15, -0.1) is 0 Å². The van der Waals surface area contributed by atoms with Gasteiger partial charge in [0.05, 0.1) is 23.8 Å². The van der Waals surface area contributed by atoms with Gasteiger partial charge in [-0.3, -0.25) is 4.99 Å². The van der Waals surface area contributed by atoms with Crippen LogP contribution in [0.1, 0.15) is 34.5 Å². The predicted octanol–water partition coefficient (Wildman–Crippen LogP) is 2.77. The van der Waals surface area contributed by atoms with Crippen molar-refractivity contribution in [1.29, 1.82) is 0 Å². The van der Waals surface area contributed by atoms with E-state index in [2.05, 4.69) is 4.98 Å². The number of fused-ring (bicyclic) bond motifs is 4. The van der Waals surface area contributed by atoms with Gasteiger partial charge in [0.15, 0.2) is 0 Å². The van der Waals surface area contributed by atoms with Gasteiger partial charge in [0.1, 0.15) is 11.5 Å². The number of likely N-dealkylation sites (tertiary alicyclic amines) is 1. The Balaban J connectivity index is 1.69. The average Bonchev–Trinajstić information content (AvgIpc) is 2.99. The third kappa shape index (κ3) is 2.41. The fraction of sp³-hybridized carbons (Fsp3) is 0.400. The van der Waals surface area contributed by atoms with Crippen LogP contribution in [0.4, 0.5) is 13.2 Å². The third-order valence-corrected chi connectivity index (χ3v) is 5.89. The van der Waals surface area contributed by atoms with Crippen molar-refractivity contribution in [3.8, 4) is 0 Å². The normalized spacial score (nSPS) is 24.4. The highest BCUT2D eigenvalue weighted by molar-refractivity contribution is 6.02. The van der Waals surface area contributed by atoms with Crippen molar-refractivity contribution in [3.63, 3.8) is 0 Å². The second kappa shape index (κ2) is 5.55. The molecule has 3 heterocycles. The maximum absolute atomic E-state index is 13.4. The molecule has 1 aliphatic carbocycles. The summed E-state index contributed by atoms with van der Waals surface area (Å²) in [7, 11) is 0. The number of amidine groups is 1. The van der Waals surface area contributed by atoms with E-state index in [1.807, 2.05) is 29.2 Å². The number of hydrogen-bond donors (Lipinski definition) is 1. The molecule has 2 aromatic rings. The van der Waals surface area contributed by atoms with E-state index in [-0.39, 0.29) is 0 Å². The first kappa shape index (κ1) is 16.7. The lowest BCUT2D eigenvalue weighted by Gasteiger charge is -2.43. The van der Waals surface area contributed by atoms with Crippen LogP contribution in [0, 0.1) is 0 Å². The van der Waals surface area contributed by atoms with Crippen LogP contribution in [-0.2, 0) is 18.0 Å². The molecule has 0 amide bonds. The summed E-state index contributed by atoms with van der Waals surface area (Å²) in [6, 6.07) is 10.4. The zero-order chi connectivity index (χ0) is 18.8. The minimum Gasteiger partial charge on any atom is -0.389 e. The number of aliphatic imine (C=N–C) groups is 1. The van der Waals surface area contributed by atoms with Gasteiger partial charge in [-0.2, -0.15) is 13.2 Å². The zero-order valence-electron chi connectivity index (χ0n) is 14.5. The van der Waals surface area contributed by atoms with Crippen LogP contribution < -0.4 is 0 Å². The predicted molar refractivity (Wildman–Crippen MR) is 93.8 cm³/mol. The molecule has 0 saturated carbocycles. The van der Waals surface area contributed by atoms with E-state index < -0.39 is 23.4 Å². The largest absolute Gasteiger partial charge is 0.433 e. The van der Waals surface area contributed by atoms with Crippen molar-refractivity contribution >= 4 is 5.84 Å². The molecule has 3 aliphatic rings. The van der Waals surface area contributed by atoms with Gasteiger partial charge in [0, 0.05) is 18.7 Å². The lowest BCUT2D eigenvalue weighted by molar-refractivity contribution is -0.141. The van der Waals surface area contributed by atoms with Gasteiger partial charge in [-0.25, -0.2) is 4.98 Å². The number of hydrogen-bond acceptors (Lipinski definition) is 4. The van der Waals surface area contributed by atoms with Gasteiger partial charge in [0.25, 0.3) is 0 Å². The summed E-state index contributed by atoms with van der Waals surface area (Å²) in [5, 5.41) is 9.62. The monoisotopic (exact) mass is 373 g/mol. The smallest absolute Gasteiger partial charge is 0.389 e. The lowest BCUT2D eigenvalue weighted by atomic mass is 9.74. The van der Waals surface area contributed by atoms with Crippen molar-refractivity contribution in [1.82, 2.24) is 9.88 Å². The number of nitrogens with zero attached hydrogens (tertiary/aromatic N) is 3. The van der Waals surface area contributed by atoms with E-state index in [9.17, 15) is 18.3 Å². The molecule has 7 heteroatoms. The molecule has 2 aliphatic heterocycles. The number of halogens is 3. The molecule has 27 heavy (non-hydrogen) atoms. The summed E-state index contributed by atoms with van der Waals surface area (Å²) in [6.45, 7) is 1.28. The SMILES string of the molecule is OC1CN(C2=NC[C@]3(CCc4ccccc43)c3nc(C(F)(F)F)ccc32)C1. The van der Waals surface area contributed by atoms with E-state index >= 15 is 0 Å². The molecule has 5 rings (SSSR count). The topological polar surface area (TPSA) is 48.7 Å². The summed E-state index contributed by atoms with van der Waals surface area (Å²) in [4.78, 5) is 10.8. The van der Waals surface area contributed by atoms with Crippen molar-refractivity contribution < 1.29 is 18.3 Å². The number of pyridine rings is 1. The van der Waals surface area contributed by atoms with Crippen LogP contribution >= 0.6 is 0 Å². The molecule has 1 N–H and O–H groups in total. The average molecular weight is 373 g/mol. The van der Waals surface area contributed by atoms with Gasteiger partial charge in [0.2, 0.25) is 0 Å². The van der Waals surface area contributed by atoms with E-state index in [1.165, 1.54) is 6.07 Å². The van der Waals surface area contributed by atoms with E-state index in [4.69, 9.17) is 4.99 Å². The minimum absolute atomic E-state index is 0.382. The number of β-amino-alcohol motifs (C(OH)–C–C–N with tert-alkyl or cyclic N) is 1. The van der Waals surface area contributed by atoms with Gasteiger partial charge in [-0.1, -0.05) is 24.3 Å². The molecule has 1 atom stereocenters. The standard InChI is InChI=1S/C20H18F3N3O/c21-20(22,23)16-6-5-14-17(25-16)19(8-7-12-3-1-2-4-15(12)19)11-24-18(14)26-9-13(27)10-26/h1-6,13,27H,7-11H2/t19-/m0/s1. The first-order valence-corrected chi connectivity index (χ1v) is 9.03. The highest BCUT2D eigenvalue weighted by Crippen LogP contribution is 2.47. The molecular weight excluding hydrogens is 355 g/mol. The Hall–Kier alpha value is -2.41. The highest BCUT2D eigenvalue weighted by Gasteiger charge is 2.48. The molecule has 0 radical (unpaired) electrons. The van der Waals surface area contributed by atoms with Crippen LogP contribution in [0.3, 0.4) is 0 Å². The Morgan fingerprint density at radius 3 is 2.63 bits per heavy atom. The number of aliphatic hydroxyl groups excluding tert-OH is 1. The minimum atomic E-state index is -4.49. The molecule has 1 saturated heterocycles. The summed E-state index contributed by atoms with van der Waals surface area (Å²) in [5.74, 6) is 0.645. The number of aromatic nitrogens is 1. The number of alkyl halides is 3. The fourth-order valence-electron chi connectivity index (χ4n) is 4.53. The van der Waals surface area contributed by atoms with Crippen LogP contribution in [0.5, 0.6) is 0 Å². The second-order valence-electron chi connectivity index (χ2n) is 7.53. The molecule has 0 unspecified atom stereocenters. The molecule has 0 bridgehead atoms. The van der Waals surface area contributed by atoms with Crippen LogP contribution in [0.25, 0.3) is 0 Å². The van der Waals surface area contributed by atoms with Crippen LogP contribution in [0.15, 0.2) is 41.4 Å². The Morgan fingerprint density at radius 1 is 1.11 bits per heavy atom. The maximum atomic E-state index is 13.4. The second-order valence-corrected chi connectivity index (χ2v) is 7.53. The summed E-state index contributed by atoms with van der Waals surface area (Å²) >= 11 is 0. The van der Waals surface area contributed by atoms with Crippen molar-refractivity contribution in [2.75, 3.05) is 19.6 Å². The van der Waals surface area contributed by atoms with E-state index in [0.29, 0.717) is 43.1 Å². The molecule has 1 spiro atoms. The number of benzene rings is 1. The quantitative estimate of drug-likeness (QED) is 0.773. The van der Waals surface area contributed by atoms with E-state index in [0.717, 1.165) is 23.6 Å². The molecule has 1 aromatic carbocycles. The Morgan fingerprint density at radius 2 is 1.89 bits per heavy atom. The summed E-state index contributed by atoms with van der Waals surface area (Å²) in [5.41, 5.74) is 1.83. The Kier molecular flexibility index (Phi) is 3.44. The van der Waals surface area contributed by atoms with Crippen molar-refractivity contribution in [3.05, 3.63) is 64.5 Å². The van der Waals surface area contributed by atoms with Gasteiger partial charge >= 0.3 is 6.18 Å². The molecule has 1 fully saturated rings. The summed E-state index contributed by atoms with van der Waals surface area (Å²) in [6.07, 6.45) is -3.40. The number of aliphatic hydroxyl groups is 1. The molecular formula is C20H18F3N3O. The molecule has 1 aromatic heterocycles. The molecule has 140 valence electrons. The first-order chi connectivity index (χ1) is 12.9. The number of rotatable bonds is 0. The first-order valence-electron chi connectivity index (χ1n) is 9.03. The maximum Gasteiger partial charge on any atom is 0.433 e. The fourth-order valence-corrected chi connectivity index (χ4v) is 4.53. The third-order valence-electron chi connectivity index (χ3n) is 5.89. The van der Waals surface area contributed by atoms with Crippen LogP contribution in [0.2, 0.25) is 0 Å². The number of aryl methyl sites for hydroxylation is 1. The Bertz CT molecular complexity index is 950. The Labute approximate surface area is 154 Å². The van der Waals surface area contributed by atoms with Crippen LogP contribution in [-0.4, -0.2) is 46.6 Å². The lowest BCUT2D eigenvalue weighted by Crippen LogP contribution is -2.55. The van der Waals surface area contributed by atoms with Crippen molar-refractivity contribution in [2.45, 2.75) is 30.5 Å². The highest BCUT2D eigenvalue weighted by atomic mass is 19.4. The molecule has 4 nitrogen and oxygen atoms in total. The van der Waals surface area contributed by atoms with Gasteiger partial charge < -0.3 is 10.0 Å². The van der Waals surface area contributed by atoms with E-state index in [1.54, 1.807) is 0 Å². The zero-order valence-corrected chi connectivity index (χ0v) is 14.5. The summed E-state index contributed by atoms with van der Waals surface area (Å²) < 4.78 is 40.1. The van der Waals surface area contributed by atoms with Gasteiger partial charge in [-0.05, 0) is 36.1 Å². The van der Waals surface area contributed by atoms with Crippen molar-refractivity contribution in [2.24, 2.45) is 4.99 Å².